The van der Waals surface area contributed by atoms with E-state index in [-0.39, 0.29) is 11.8 Å². The molecule has 9 nitrogen and oxygen atoms in total. The molecule has 1 aromatic carbocycles. The summed E-state index contributed by atoms with van der Waals surface area (Å²) < 4.78 is 7.38. The van der Waals surface area contributed by atoms with E-state index >= 15 is 0 Å². The van der Waals surface area contributed by atoms with Gasteiger partial charge in [0.15, 0.2) is 0 Å². The minimum atomic E-state index is 0.0209. The predicted octanol–water partition coefficient (Wildman–Crippen LogP) is 1.94. The first kappa shape index (κ1) is 16.1. The van der Waals surface area contributed by atoms with Crippen LogP contribution in [-0.4, -0.2) is 54.3 Å². The van der Waals surface area contributed by atoms with Crippen molar-refractivity contribution in [2.45, 2.75) is 37.5 Å². The molecule has 1 aliphatic heterocycles. The summed E-state index contributed by atoms with van der Waals surface area (Å²) in [6.07, 6.45) is 5.49. The molecule has 0 N–H and O–H groups in total. The molecule has 0 radical (unpaired) electrons. The summed E-state index contributed by atoms with van der Waals surface area (Å²) in [5.74, 6) is 2.24. The van der Waals surface area contributed by atoms with Crippen LogP contribution in [0.4, 0.5) is 0 Å². The Hall–Kier alpha value is -3.10. The van der Waals surface area contributed by atoms with Gasteiger partial charge in [-0.2, -0.15) is 0 Å². The number of rotatable bonds is 4. The molecular formula is C18H19N7O2. The molecule has 3 heterocycles. The third-order valence-electron chi connectivity index (χ3n) is 5.22. The Labute approximate surface area is 155 Å². The van der Waals surface area contributed by atoms with Gasteiger partial charge >= 0.3 is 0 Å². The number of nitrogens with zero attached hydrogens (tertiary/aromatic N) is 7. The molecule has 0 spiro atoms. The molecule has 27 heavy (non-hydrogen) atoms. The number of hydrogen-bond acceptors (Lipinski definition) is 7. The summed E-state index contributed by atoms with van der Waals surface area (Å²) in [7, 11) is 0. The standard InChI is InChI=1S/C18H19N7O2/c26-18(14-2-1-3-15(10-14)25-11-19-22-23-25)24-8-6-13(7-9-24)17-21-20-16(27-17)12-4-5-12/h1-3,10-13H,4-9H2. The summed E-state index contributed by atoms with van der Waals surface area (Å²) in [6.45, 7) is 1.36. The van der Waals surface area contributed by atoms with Crippen LogP contribution in [-0.2, 0) is 0 Å². The highest BCUT2D eigenvalue weighted by molar-refractivity contribution is 5.94. The molecule has 2 aliphatic rings. The number of benzene rings is 1. The lowest BCUT2D eigenvalue weighted by Crippen LogP contribution is -2.38. The Bertz CT molecular complexity index is 940. The van der Waals surface area contributed by atoms with Crippen LogP contribution in [0.3, 0.4) is 0 Å². The van der Waals surface area contributed by atoms with E-state index in [1.807, 2.05) is 29.2 Å². The maximum Gasteiger partial charge on any atom is 0.253 e. The zero-order chi connectivity index (χ0) is 18.2. The zero-order valence-electron chi connectivity index (χ0n) is 14.7. The van der Waals surface area contributed by atoms with Gasteiger partial charge < -0.3 is 9.32 Å². The largest absolute Gasteiger partial charge is 0.425 e. The number of amides is 1. The van der Waals surface area contributed by atoms with Crippen molar-refractivity contribution in [1.29, 1.82) is 0 Å². The fraction of sp³-hybridized carbons (Fsp3) is 0.444. The monoisotopic (exact) mass is 365 g/mol. The highest BCUT2D eigenvalue weighted by Gasteiger charge is 2.32. The number of likely N-dealkylation sites (tertiary alicyclic amines) is 1. The Morgan fingerprint density at radius 1 is 1.04 bits per heavy atom. The molecular weight excluding hydrogens is 346 g/mol. The lowest BCUT2D eigenvalue weighted by molar-refractivity contribution is 0.0706. The average Bonchev–Trinajstić information content (AvgIpc) is 3.22. The Morgan fingerprint density at radius 2 is 1.78 bits per heavy atom. The van der Waals surface area contributed by atoms with E-state index < -0.39 is 0 Å². The SMILES string of the molecule is O=C(c1cccc(-n2cnnn2)c1)N1CCC(c2nnc(C3CC3)o2)CC1. The molecule has 0 unspecified atom stereocenters. The highest BCUT2D eigenvalue weighted by atomic mass is 16.4. The third kappa shape index (κ3) is 3.20. The van der Waals surface area contributed by atoms with Crippen LogP contribution in [0.1, 0.15) is 59.7 Å². The fourth-order valence-corrected chi connectivity index (χ4v) is 3.48. The molecule has 1 aliphatic carbocycles. The molecule has 1 saturated carbocycles. The first-order valence-corrected chi connectivity index (χ1v) is 9.24. The van der Waals surface area contributed by atoms with Crippen molar-refractivity contribution in [2.24, 2.45) is 0 Å². The smallest absolute Gasteiger partial charge is 0.253 e. The fourth-order valence-electron chi connectivity index (χ4n) is 3.48. The van der Waals surface area contributed by atoms with E-state index in [1.54, 1.807) is 0 Å². The zero-order valence-corrected chi connectivity index (χ0v) is 14.7. The van der Waals surface area contributed by atoms with Gasteiger partial charge in [0.2, 0.25) is 11.8 Å². The summed E-state index contributed by atoms with van der Waals surface area (Å²) in [5.41, 5.74) is 1.40. The van der Waals surface area contributed by atoms with Crippen molar-refractivity contribution in [3.8, 4) is 5.69 Å². The Morgan fingerprint density at radius 3 is 2.44 bits per heavy atom. The second-order valence-corrected chi connectivity index (χ2v) is 7.12. The number of hydrogen-bond donors (Lipinski definition) is 0. The van der Waals surface area contributed by atoms with Gasteiger partial charge in [-0.3, -0.25) is 4.79 Å². The van der Waals surface area contributed by atoms with E-state index in [0.717, 1.165) is 43.2 Å². The van der Waals surface area contributed by atoms with Crippen LogP contribution in [0, 0.1) is 0 Å². The van der Waals surface area contributed by atoms with Crippen molar-refractivity contribution >= 4 is 5.91 Å². The van der Waals surface area contributed by atoms with Crippen molar-refractivity contribution in [2.75, 3.05) is 13.1 Å². The number of carbonyl (C=O) groups is 1. The number of carbonyl (C=O) groups excluding carboxylic acids is 1. The van der Waals surface area contributed by atoms with E-state index in [1.165, 1.54) is 11.0 Å². The van der Waals surface area contributed by atoms with Crippen LogP contribution in [0.2, 0.25) is 0 Å². The van der Waals surface area contributed by atoms with Gasteiger partial charge in [0, 0.05) is 30.5 Å². The van der Waals surface area contributed by atoms with Gasteiger partial charge in [-0.25, -0.2) is 4.68 Å². The lowest BCUT2D eigenvalue weighted by atomic mass is 9.96. The summed E-state index contributed by atoms with van der Waals surface area (Å²) in [5, 5.41) is 19.5. The Balaban J connectivity index is 1.25. The van der Waals surface area contributed by atoms with Crippen molar-refractivity contribution in [1.82, 2.24) is 35.3 Å². The summed E-state index contributed by atoms with van der Waals surface area (Å²) >= 11 is 0. The number of piperidine rings is 1. The van der Waals surface area contributed by atoms with E-state index in [0.29, 0.717) is 24.6 Å². The van der Waals surface area contributed by atoms with Crippen LogP contribution in [0.5, 0.6) is 0 Å². The second-order valence-electron chi connectivity index (χ2n) is 7.12. The molecule has 9 heteroatoms. The van der Waals surface area contributed by atoms with Crippen LogP contribution < -0.4 is 0 Å². The van der Waals surface area contributed by atoms with Crippen LogP contribution in [0.15, 0.2) is 35.0 Å². The summed E-state index contributed by atoms with van der Waals surface area (Å²) in [6, 6.07) is 7.34. The molecule has 3 aromatic rings. The first-order chi connectivity index (χ1) is 13.3. The third-order valence-corrected chi connectivity index (χ3v) is 5.22. The average molecular weight is 365 g/mol. The minimum absolute atomic E-state index is 0.0209. The molecule has 0 bridgehead atoms. The Kier molecular flexibility index (Phi) is 3.92. The van der Waals surface area contributed by atoms with Gasteiger partial charge in [0.05, 0.1) is 5.69 Å². The first-order valence-electron chi connectivity index (χ1n) is 9.24. The second kappa shape index (κ2) is 6.57. The van der Waals surface area contributed by atoms with Gasteiger partial charge in [-0.15, -0.1) is 15.3 Å². The van der Waals surface area contributed by atoms with Crippen LogP contribution >= 0.6 is 0 Å². The molecule has 2 aromatic heterocycles. The molecule has 1 amide bonds. The molecule has 138 valence electrons. The normalized spacial score (nSPS) is 18.0. The van der Waals surface area contributed by atoms with E-state index in [4.69, 9.17) is 4.42 Å². The van der Waals surface area contributed by atoms with Gasteiger partial charge in [-0.05, 0) is 54.3 Å². The molecule has 5 rings (SSSR count). The quantitative estimate of drug-likeness (QED) is 0.696. The molecule has 0 atom stereocenters. The maximum absolute atomic E-state index is 12.9. The lowest BCUT2D eigenvalue weighted by Gasteiger charge is -2.30. The van der Waals surface area contributed by atoms with Crippen LogP contribution in [0.25, 0.3) is 5.69 Å². The predicted molar refractivity (Wildman–Crippen MR) is 93.3 cm³/mol. The van der Waals surface area contributed by atoms with Gasteiger partial charge in [-0.1, -0.05) is 6.07 Å². The van der Waals surface area contributed by atoms with E-state index in [2.05, 4.69) is 25.7 Å². The summed E-state index contributed by atoms with van der Waals surface area (Å²) in [4.78, 5) is 14.8. The van der Waals surface area contributed by atoms with Gasteiger partial charge in [0.1, 0.15) is 6.33 Å². The molecule has 1 saturated heterocycles. The number of aromatic nitrogens is 6. The van der Waals surface area contributed by atoms with Crippen molar-refractivity contribution < 1.29 is 9.21 Å². The van der Waals surface area contributed by atoms with Gasteiger partial charge in [0.25, 0.3) is 5.91 Å². The minimum Gasteiger partial charge on any atom is -0.425 e. The highest BCUT2D eigenvalue weighted by Crippen LogP contribution is 2.40. The molecule has 2 fully saturated rings. The van der Waals surface area contributed by atoms with Crippen molar-refractivity contribution in [3.63, 3.8) is 0 Å². The van der Waals surface area contributed by atoms with E-state index in [9.17, 15) is 4.79 Å². The maximum atomic E-state index is 12.9. The topological polar surface area (TPSA) is 103 Å². The number of tetrazole rings is 1. The van der Waals surface area contributed by atoms with Crippen molar-refractivity contribution in [3.05, 3.63) is 47.9 Å².